The number of nitrogens with zero attached hydrogens (tertiary/aromatic N) is 1. The van der Waals surface area contributed by atoms with E-state index in [0.29, 0.717) is 0 Å². The van der Waals surface area contributed by atoms with Crippen LogP contribution in [0.25, 0.3) is 0 Å². The van der Waals surface area contributed by atoms with Crippen molar-refractivity contribution in [3.63, 3.8) is 0 Å². The number of allylic oxidation sites excluding steroid dienone is 2. The number of aliphatic imine (C=N–C) groups is 1. The zero-order valence-corrected chi connectivity index (χ0v) is 22.2. The van der Waals surface area contributed by atoms with Crippen LogP contribution in [0.5, 0.6) is 5.75 Å². The molecule has 0 aliphatic heterocycles. The SMILES string of the molecule is C/C=C(\N=C(C)c1c(F)cccc1F)C(C)=O.C=C=O.CC.CC.COc1cccc(C)c1C. The van der Waals surface area contributed by atoms with E-state index in [1.165, 1.54) is 43.1 Å². The Balaban J connectivity index is -0.000000479. The van der Waals surface area contributed by atoms with Crippen LogP contribution in [0.4, 0.5) is 8.78 Å². The number of hydrogen-bond donors (Lipinski definition) is 0. The first-order valence-corrected chi connectivity index (χ1v) is 11.1. The monoisotopic (exact) mass is 475 g/mol. The molecule has 0 fully saturated rings. The molecule has 0 aromatic heterocycles. The van der Waals surface area contributed by atoms with Gasteiger partial charge in [0, 0.05) is 6.92 Å². The molecule has 0 saturated heterocycles. The second-order valence-corrected chi connectivity index (χ2v) is 6.07. The highest BCUT2D eigenvalue weighted by Crippen LogP contribution is 2.19. The highest BCUT2D eigenvalue weighted by atomic mass is 19.1. The van der Waals surface area contributed by atoms with Crippen molar-refractivity contribution in [1.82, 2.24) is 0 Å². The van der Waals surface area contributed by atoms with E-state index < -0.39 is 11.6 Å². The van der Waals surface area contributed by atoms with E-state index in [0.717, 1.165) is 17.9 Å². The molecule has 0 heterocycles. The third-order valence-corrected chi connectivity index (χ3v) is 4.02. The maximum Gasteiger partial charge on any atom is 0.177 e. The Labute approximate surface area is 204 Å². The summed E-state index contributed by atoms with van der Waals surface area (Å²) in [5.74, 6) is 0.596. The fourth-order valence-electron chi connectivity index (χ4n) is 2.37. The summed E-state index contributed by atoms with van der Waals surface area (Å²) in [4.78, 5) is 23.7. The van der Waals surface area contributed by atoms with E-state index in [9.17, 15) is 13.6 Å². The van der Waals surface area contributed by atoms with E-state index in [1.54, 1.807) is 14.0 Å². The van der Waals surface area contributed by atoms with Crippen LogP contribution in [-0.2, 0) is 9.59 Å². The standard InChI is InChI=1S/C13H13F2NO.C9H12O.C2H2O.2C2H6/c1-4-12(9(3)17)16-8(2)13-10(14)6-5-7-11(13)15;1-7-5-4-6-9(10-3)8(7)2;1-2-3;2*1-2/h4-7H,1-3H3;4-6H,1-3H3;1H2;2*1-2H3/b12-4-,16-8?;;;;. The number of hydrogen-bond acceptors (Lipinski definition) is 4. The predicted octanol–water partition coefficient (Wildman–Crippen LogP) is 7.64. The molecule has 0 radical (unpaired) electrons. The molecule has 0 amide bonds. The molecule has 0 saturated carbocycles. The van der Waals surface area contributed by atoms with Crippen LogP contribution in [0.15, 0.2) is 59.7 Å². The van der Waals surface area contributed by atoms with Crippen LogP contribution in [0.1, 0.15) is 65.2 Å². The Bertz CT molecular complexity index is 938. The first kappa shape index (κ1) is 35.2. The first-order valence-electron chi connectivity index (χ1n) is 11.1. The van der Waals surface area contributed by atoms with Gasteiger partial charge >= 0.3 is 0 Å². The van der Waals surface area contributed by atoms with Gasteiger partial charge in [-0.15, -0.1) is 0 Å². The number of carbonyl (C=O) groups excluding carboxylic acids is 2. The van der Waals surface area contributed by atoms with Crippen molar-refractivity contribution in [2.45, 2.75) is 62.3 Å². The Morgan fingerprint density at radius 1 is 1.00 bits per heavy atom. The Hall–Kier alpha value is -3.37. The normalized spacial score (nSPS) is 9.76. The fraction of sp³-hybridized carbons (Fsp3) is 0.357. The maximum atomic E-state index is 13.4. The zero-order valence-electron chi connectivity index (χ0n) is 22.2. The fourth-order valence-corrected chi connectivity index (χ4v) is 2.37. The minimum absolute atomic E-state index is 0.142. The number of ether oxygens (including phenoxy) is 1. The summed E-state index contributed by atoms with van der Waals surface area (Å²) in [6.45, 7) is 19.3. The number of Topliss-reactive ketones (excluding diaryl/α,β-unsaturated/α-hetero) is 1. The molecule has 0 bridgehead atoms. The largest absolute Gasteiger partial charge is 0.496 e. The van der Waals surface area contributed by atoms with Gasteiger partial charge in [0.1, 0.15) is 29.0 Å². The minimum atomic E-state index is -0.690. The van der Waals surface area contributed by atoms with Crippen LogP contribution in [0.3, 0.4) is 0 Å². The molecule has 0 N–H and O–H groups in total. The van der Waals surface area contributed by atoms with Crippen LogP contribution in [0.2, 0.25) is 0 Å². The van der Waals surface area contributed by atoms with E-state index in [-0.39, 0.29) is 22.8 Å². The highest BCUT2D eigenvalue weighted by Gasteiger charge is 2.12. The lowest BCUT2D eigenvalue weighted by atomic mass is 10.1. The van der Waals surface area contributed by atoms with E-state index in [2.05, 4.69) is 31.5 Å². The van der Waals surface area contributed by atoms with Gasteiger partial charge in [-0.1, -0.05) is 52.0 Å². The molecule has 2 aromatic carbocycles. The Kier molecular flexibility index (Phi) is 22.2. The van der Waals surface area contributed by atoms with Crippen LogP contribution in [-0.4, -0.2) is 24.5 Å². The van der Waals surface area contributed by atoms with Gasteiger partial charge in [-0.3, -0.25) is 4.79 Å². The maximum absolute atomic E-state index is 13.4. The summed E-state index contributed by atoms with van der Waals surface area (Å²) in [5.41, 5.74) is 2.63. The lowest BCUT2D eigenvalue weighted by Crippen LogP contribution is -2.05. The molecule has 6 heteroatoms. The molecular weight excluding hydrogens is 436 g/mol. The van der Waals surface area contributed by atoms with Crippen molar-refractivity contribution in [2.24, 2.45) is 4.99 Å². The molecule has 0 aliphatic carbocycles. The summed E-state index contributed by atoms with van der Waals surface area (Å²) < 4.78 is 32.0. The van der Waals surface area contributed by atoms with Gasteiger partial charge in [0.2, 0.25) is 0 Å². The van der Waals surface area contributed by atoms with Crippen molar-refractivity contribution >= 4 is 17.4 Å². The molecule has 0 unspecified atom stereocenters. The van der Waals surface area contributed by atoms with Gasteiger partial charge in [0.05, 0.1) is 18.4 Å². The summed E-state index contributed by atoms with van der Waals surface area (Å²) >= 11 is 0. The number of ketones is 1. The third-order valence-electron chi connectivity index (χ3n) is 4.02. The molecule has 4 nitrogen and oxygen atoms in total. The summed E-state index contributed by atoms with van der Waals surface area (Å²) in [5, 5.41) is 0. The number of aryl methyl sites for hydroxylation is 1. The smallest absolute Gasteiger partial charge is 0.177 e. The quantitative estimate of drug-likeness (QED) is 0.259. The molecular formula is C28H39F2NO3. The molecule has 2 aromatic rings. The second kappa shape index (κ2) is 21.5. The van der Waals surface area contributed by atoms with Crippen LogP contribution in [0, 0.1) is 25.5 Å². The Morgan fingerprint density at radius 2 is 1.44 bits per heavy atom. The average molecular weight is 476 g/mol. The number of carbonyl (C=O) groups is 1. The lowest BCUT2D eigenvalue weighted by Gasteiger charge is -2.05. The van der Waals surface area contributed by atoms with Crippen LogP contribution < -0.4 is 4.74 Å². The van der Waals surface area contributed by atoms with Crippen molar-refractivity contribution < 1.29 is 23.1 Å². The molecule has 0 atom stereocenters. The van der Waals surface area contributed by atoms with Gasteiger partial charge in [-0.2, -0.15) is 0 Å². The van der Waals surface area contributed by atoms with Gasteiger partial charge in [-0.25, -0.2) is 18.6 Å². The molecule has 188 valence electrons. The molecule has 0 aliphatic rings. The third kappa shape index (κ3) is 13.2. The molecule has 0 spiro atoms. The lowest BCUT2D eigenvalue weighted by molar-refractivity contribution is -0.113. The van der Waals surface area contributed by atoms with Gasteiger partial charge in [0.15, 0.2) is 5.78 Å². The van der Waals surface area contributed by atoms with Gasteiger partial charge in [-0.05, 0) is 63.6 Å². The summed E-state index contributed by atoms with van der Waals surface area (Å²) in [6.07, 6.45) is 1.50. The van der Waals surface area contributed by atoms with Gasteiger partial charge < -0.3 is 4.74 Å². The van der Waals surface area contributed by atoms with E-state index in [4.69, 9.17) is 9.53 Å². The van der Waals surface area contributed by atoms with Crippen molar-refractivity contribution in [3.05, 3.63) is 83.1 Å². The first-order chi connectivity index (χ1) is 16.1. The predicted molar refractivity (Wildman–Crippen MR) is 139 cm³/mol. The van der Waals surface area contributed by atoms with Crippen molar-refractivity contribution in [3.8, 4) is 5.75 Å². The van der Waals surface area contributed by atoms with Crippen molar-refractivity contribution in [2.75, 3.05) is 7.11 Å². The number of benzene rings is 2. The second-order valence-electron chi connectivity index (χ2n) is 6.07. The number of methoxy groups -OCH3 is 1. The summed E-state index contributed by atoms with van der Waals surface area (Å²) in [6, 6.07) is 9.64. The topological polar surface area (TPSA) is 55.7 Å². The van der Waals surface area contributed by atoms with Crippen LogP contribution >= 0.6 is 0 Å². The van der Waals surface area contributed by atoms with E-state index in [1.807, 2.05) is 39.8 Å². The number of rotatable bonds is 4. The Morgan fingerprint density at radius 3 is 1.79 bits per heavy atom. The molecule has 34 heavy (non-hydrogen) atoms. The van der Waals surface area contributed by atoms with Crippen molar-refractivity contribution in [1.29, 1.82) is 0 Å². The summed E-state index contributed by atoms with van der Waals surface area (Å²) in [7, 11) is 1.70. The zero-order chi connectivity index (χ0) is 27.3. The van der Waals surface area contributed by atoms with Gasteiger partial charge in [0.25, 0.3) is 0 Å². The minimum Gasteiger partial charge on any atom is -0.496 e. The number of halogens is 2. The van der Waals surface area contributed by atoms with E-state index >= 15 is 0 Å². The molecule has 2 rings (SSSR count). The average Bonchev–Trinajstić information content (AvgIpc) is 2.82. The highest BCUT2D eigenvalue weighted by molar-refractivity contribution is 6.03.